The van der Waals surface area contributed by atoms with Crippen molar-refractivity contribution in [2.75, 3.05) is 0 Å². The molecule has 242 valence electrons. The Kier molecular flexibility index (Phi) is 6.81. The van der Waals surface area contributed by atoms with Crippen molar-refractivity contribution in [1.82, 2.24) is 0 Å². The SMILES string of the molecule is CC1(C)c2cc(C=NC(=NC(=N)c3ccccc3)c3cccc4oc5ccccc5c34)ccc2-c2c(ccc3sc4ccccc4c23)C1(C)C. The summed E-state index contributed by atoms with van der Waals surface area (Å²) in [5.41, 5.74) is 9.15. The van der Waals surface area contributed by atoms with Gasteiger partial charge in [0.05, 0.1) is 0 Å². The van der Waals surface area contributed by atoms with Gasteiger partial charge in [0.15, 0.2) is 11.7 Å². The molecule has 0 saturated heterocycles. The number of hydrogen-bond donors (Lipinski definition) is 1. The first kappa shape index (κ1) is 30.4. The molecule has 0 saturated carbocycles. The van der Waals surface area contributed by atoms with Crippen molar-refractivity contribution in [3.05, 3.63) is 155 Å². The molecule has 2 heterocycles. The number of para-hydroxylation sites is 1. The molecule has 5 heteroatoms. The van der Waals surface area contributed by atoms with Gasteiger partial charge in [-0.3, -0.25) is 5.41 Å². The topological polar surface area (TPSA) is 61.7 Å². The molecule has 4 nitrogen and oxygen atoms in total. The molecule has 1 aliphatic carbocycles. The minimum atomic E-state index is -0.160. The van der Waals surface area contributed by atoms with Crippen LogP contribution in [-0.4, -0.2) is 17.9 Å². The molecule has 0 bridgehead atoms. The van der Waals surface area contributed by atoms with E-state index in [-0.39, 0.29) is 16.7 Å². The van der Waals surface area contributed by atoms with Crippen molar-refractivity contribution < 1.29 is 4.42 Å². The van der Waals surface area contributed by atoms with Crippen LogP contribution in [0.2, 0.25) is 0 Å². The summed E-state index contributed by atoms with van der Waals surface area (Å²) in [6.07, 6.45) is 1.90. The molecule has 8 aromatic rings. The Balaban J connectivity index is 1.22. The number of thiophene rings is 1. The van der Waals surface area contributed by atoms with Gasteiger partial charge in [-0.15, -0.1) is 11.3 Å². The molecular formula is C45H35N3OS. The number of benzene rings is 6. The Morgan fingerprint density at radius 2 is 1.38 bits per heavy atom. The normalized spacial score (nSPS) is 15.2. The van der Waals surface area contributed by atoms with Gasteiger partial charge in [0.25, 0.3) is 0 Å². The smallest absolute Gasteiger partial charge is 0.162 e. The summed E-state index contributed by atoms with van der Waals surface area (Å²) >= 11 is 1.87. The lowest BCUT2D eigenvalue weighted by molar-refractivity contribution is 0.299. The molecule has 2 aromatic heterocycles. The van der Waals surface area contributed by atoms with Gasteiger partial charge < -0.3 is 4.42 Å². The number of fused-ring (bicyclic) bond motifs is 10. The number of furan rings is 1. The van der Waals surface area contributed by atoms with E-state index >= 15 is 0 Å². The van der Waals surface area contributed by atoms with Crippen molar-refractivity contribution in [2.24, 2.45) is 9.98 Å². The zero-order chi connectivity index (χ0) is 34.2. The average molecular weight is 666 g/mol. The number of hydrogen-bond acceptors (Lipinski definition) is 3. The molecule has 1 N–H and O–H groups in total. The Morgan fingerprint density at radius 3 is 2.22 bits per heavy atom. The van der Waals surface area contributed by atoms with Gasteiger partial charge in [-0.05, 0) is 69.0 Å². The third-order valence-electron chi connectivity index (χ3n) is 11.0. The standard InChI is InChI=1S/C45H35N3OS/c1-44(2)33-23-24-38-41(31-16-9-11-20-37(31)50-38)40(33)29-22-21-27(25-34(29)45(44,3)4)26-47-43(48-42(46)28-13-6-5-7-14-28)32-17-12-19-36-39(32)30-15-8-10-18-35(30)49-36/h5-26,46H,1-4H3. The lowest BCUT2D eigenvalue weighted by atomic mass is 9.55. The number of amidine groups is 2. The highest BCUT2D eigenvalue weighted by molar-refractivity contribution is 7.26. The van der Waals surface area contributed by atoms with Crippen molar-refractivity contribution in [3.8, 4) is 11.1 Å². The Morgan fingerprint density at radius 1 is 0.660 bits per heavy atom. The average Bonchev–Trinajstić information content (AvgIpc) is 3.71. The van der Waals surface area contributed by atoms with Crippen LogP contribution < -0.4 is 0 Å². The van der Waals surface area contributed by atoms with E-state index in [0.717, 1.165) is 38.6 Å². The second-order valence-electron chi connectivity index (χ2n) is 14.2. The first-order chi connectivity index (χ1) is 24.2. The van der Waals surface area contributed by atoms with Crippen LogP contribution in [0.25, 0.3) is 53.2 Å². The third kappa shape index (κ3) is 4.54. The van der Waals surface area contributed by atoms with E-state index in [2.05, 4.69) is 88.4 Å². The van der Waals surface area contributed by atoms with Gasteiger partial charge in [-0.2, -0.15) is 0 Å². The lowest BCUT2D eigenvalue weighted by Crippen LogP contribution is -2.43. The van der Waals surface area contributed by atoms with E-state index in [9.17, 15) is 0 Å². The van der Waals surface area contributed by atoms with Crippen molar-refractivity contribution in [1.29, 1.82) is 5.41 Å². The van der Waals surface area contributed by atoms with Gasteiger partial charge in [-0.1, -0.05) is 125 Å². The molecule has 50 heavy (non-hydrogen) atoms. The van der Waals surface area contributed by atoms with Crippen LogP contribution in [-0.2, 0) is 10.8 Å². The first-order valence-corrected chi connectivity index (χ1v) is 17.8. The van der Waals surface area contributed by atoms with Crippen LogP contribution in [0, 0.1) is 5.41 Å². The first-order valence-electron chi connectivity index (χ1n) is 17.0. The molecule has 0 aliphatic heterocycles. The van der Waals surface area contributed by atoms with Crippen LogP contribution in [0.4, 0.5) is 0 Å². The highest BCUT2D eigenvalue weighted by Crippen LogP contribution is 2.57. The van der Waals surface area contributed by atoms with Crippen LogP contribution in [0.3, 0.4) is 0 Å². The van der Waals surface area contributed by atoms with Crippen molar-refractivity contribution >= 4 is 71.3 Å². The fourth-order valence-corrected chi connectivity index (χ4v) is 8.80. The summed E-state index contributed by atoms with van der Waals surface area (Å²) in [5.74, 6) is 0.615. The zero-order valence-electron chi connectivity index (χ0n) is 28.4. The zero-order valence-corrected chi connectivity index (χ0v) is 29.2. The van der Waals surface area contributed by atoms with Crippen LogP contribution in [0.15, 0.2) is 142 Å². The largest absolute Gasteiger partial charge is 0.456 e. The van der Waals surface area contributed by atoms with Crippen LogP contribution >= 0.6 is 11.3 Å². The molecule has 0 spiro atoms. The monoisotopic (exact) mass is 665 g/mol. The minimum absolute atomic E-state index is 0.127. The fourth-order valence-electron chi connectivity index (χ4n) is 7.69. The highest BCUT2D eigenvalue weighted by Gasteiger charge is 2.46. The second-order valence-corrected chi connectivity index (χ2v) is 15.3. The Labute approximate surface area is 295 Å². The van der Waals surface area contributed by atoms with Crippen LogP contribution in [0.1, 0.15) is 55.5 Å². The molecule has 1 aliphatic rings. The van der Waals surface area contributed by atoms with Gasteiger partial charge in [-0.25, -0.2) is 9.98 Å². The highest BCUT2D eigenvalue weighted by atomic mass is 32.1. The van der Waals surface area contributed by atoms with E-state index in [1.807, 2.05) is 84.3 Å². The minimum Gasteiger partial charge on any atom is -0.456 e. The van der Waals surface area contributed by atoms with E-state index in [4.69, 9.17) is 19.8 Å². The molecule has 0 unspecified atom stereocenters. The summed E-state index contributed by atoms with van der Waals surface area (Å²) in [4.78, 5) is 9.93. The number of aliphatic imine (C=N–C) groups is 2. The summed E-state index contributed by atoms with van der Waals surface area (Å²) in [7, 11) is 0. The fraction of sp³-hybridized carbons (Fsp3) is 0.133. The Hall–Kier alpha value is -5.65. The summed E-state index contributed by atoms with van der Waals surface area (Å²) in [6.45, 7) is 9.49. The van der Waals surface area contributed by atoms with Crippen molar-refractivity contribution in [2.45, 2.75) is 38.5 Å². The second kappa shape index (κ2) is 11.2. The number of nitrogens with one attached hydrogen (secondary N) is 1. The molecule has 0 amide bonds. The van der Waals surface area contributed by atoms with E-state index in [1.165, 1.54) is 42.4 Å². The van der Waals surface area contributed by atoms with E-state index in [1.54, 1.807) is 0 Å². The molecule has 9 rings (SSSR count). The maximum atomic E-state index is 8.94. The summed E-state index contributed by atoms with van der Waals surface area (Å²) in [6, 6.07) is 43.8. The number of rotatable bonds is 3. The van der Waals surface area contributed by atoms with E-state index in [0.29, 0.717) is 5.84 Å². The summed E-state index contributed by atoms with van der Waals surface area (Å²) < 4.78 is 8.86. The maximum Gasteiger partial charge on any atom is 0.162 e. The molecular weight excluding hydrogens is 631 g/mol. The van der Waals surface area contributed by atoms with Gasteiger partial charge in [0.1, 0.15) is 11.2 Å². The third-order valence-corrected chi connectivity index (χ3v) is 12.1. The van der Waals surface area contributed by atoms with Crippen LogP contribution in [0.5, 0.6) is 0 Å². The Bertz CT molecular complexity index is 2720. The quantitative estimate of drug-likeness (QED) is 0.148. The summed E-state index contributed by atoms with van der Waals surface area (Å²) in [5, 5.41) is 13.5. The van der Waals surface area contributed by atoms with Crippen molar-refractivity contribution in [3.63, 3.8) is 0 Å². The maximum absolute atomic E-state index is 8.94. The molecule has 0 fully saturated rings. The lowest BCUT2D eigenvalue weighted by Gasteiger charge is -2.48. The predicted octanol–water partition coefficient (Wildman–Crippen LogP) is 12.1. The van der Waals surface area contributed by atoms with Gasteiger partial charge in [0, 0.05) is 48.3 Å². The van der Waals surface area contributed by atoms with Gasteiger partial charge in [0.2, 0.25) is 0 Å². The molecule has 0 atom stereocenters. The molecule has 6 aromatic carbocycles. The van der Waals surface area contributed by atoms with E-state index < -0.39 is 0 Å². The van der Waals surface area contributed by atoms with Gasteiger partial charge >= 0.3 is 0 Å². The number of nitrogens with zero attached hydrogens (tertiary/aromatic N) is 2. The predicted molar refractivity (Wildman–Crippen MR) is 212 cm³/mol. The molecule has 0 radical (unpaired) electrons.